The van der Waals surface area contributed by atoms with E-state index in [1.807, 2.05) is 0 Å². The molecular formula is C13H10BrFN2O2. The smallest absolute Gasteiger partial charge is 0.261 e. The first kappa shape index (κ1) is 13.5. The summed E-state index contributed by atoms with van der Waals surface area (Å²) in [5.74, 6) is -1.06. The van der Waals surface area contributed by atoms with Gasteiger partial charge in [0.15, 0.2) is 5.43 Å². The molecule has 2 rings (SSSR count). The fourth-order valence-corrected chi connectivity index (χ4v) is 2.02. The lowest BCUT2D eigenvalue weighted by molar-refractivity contribution is 0.102. The highest BCUT2D eigenvalue weighted by Gasteiger charge is 2.12. The highest BCUT2D eigenvalue weighted by molar-refractivity contribution is 9.10. The second kappa shape index (κ2) is 5.36. The Balaban J connectivity index is 2.32. The summed E-state index contributed by atoms with van der Waals surface area (Å²) in [4.78, 5) is 26.1. The zero-order valence-corrected chi connectivity index (χ0v) is 11.5. The van der Waals surface area contributed by atoms with Crippen LogP contribution < -0.4 is 10.7 Å². The second-order valence-corrected chi connectivity index (χ2v) is 4.81. The van der Waals surface area contributed by atoms with Gasteiger partial charge >= 0.3 is 0 Å². The predicted octanol–water partition coefficient (Wildman–Crippen LogP) is 2.84. The molecule has 0 unspecified atom stereocenters. The number of H-pyrrole nitrogens is 1. The van der Waals surface area contributed by atoms with E-state index in [0.717, 1.165) is 0 Å². The van der Waals surface area contributed by atoms with Crippen LogP contribution in [0.2, 0.25) is 0 Å². The van der Waals surface area contributed by atoms with Crippen molar-refractivity contribution >= 4 is 27.5 Å². The minimum atomic E-state index is -0.577. The van der Waals surface area contributed by atoms with Crippen LogP contribution in [0.4, 0.5) is 10.1 Å². The number of aryl methyl sites for hydroxylation is 1. The van der Waals surface area contributed by atoms with Crippen LogP contribution in [0.5, 0.6) is 0 Å². The van der Waals surface area contributed by atoms with Gasteiger partial charge in [-0.15, -0.1) is 0 Å². The Morgan fingerprint density at radius 2 is 2.16 bits per heavy atom. The van der Waals surface area contributed by atoms with Crippen LogP contribution >= 0.6 is 15.9 Å². The molecule has 0 saturated heterocycles. The SMILES string of the molecule is Cc1cc(Br)c(F)cc1NC(=O)c1c[nH]ccc1=O. The Labute approximate surface area is 116 Å². The zero-order chi connectivity index (χ0) is 14.0. The van der Waals surface area contributed by atoms with Crippen molar-refractivity contribution in [1.82, 2.24) is 4.98 Å². The van der Waals surface area contributed by atoms with Crippen LogP contribution in [0.1, 0.15) is 15.9 Å². The molecule has 0 aliphatic rings. The van der Waals surface area contributed by atoms with Crippen LogP contribution in [-0.2, 0) is 0 Å². The highest BCUT2D eigenvalue weighted by Crippen LogP contribution is 2.24. The standard InChI is InChI=1S/C13H10BrFN2O2/c1-7-4-9(14)10(15)5-11(7)17-13(19)8-6-16-3-2-12(8)18/h2-6H,1H3,(H,16,18)(H,17,19). The third kappa shape index (κ3) is 2.90. The van der Waals surface area contributed by atoms with Crippen molar-refractivity contribution in [2.45, 2.75) is 6.92 Å². The average molecular weight is 325 g/mol. The van der Waals surface area contributed by atoms with Crippen molar-refractivity contribution < 1.29 is 9.18 Å². The largest absolute Gasteiger partial charge is 0.367 e. The van der Waals surface area contributed by atoms with Crippen LogP contribution in [0.3, 0.4) is 0 Å². The van der Waals surface area contributed by atoms with Crippen molar-refractivity contribution in [2.24, 2.45) is 0 Å². The molecule has 0 atom stereocenters. The number of hydrogen-bond acceptors (Lipinski definition) is 2. The quantitative estimate of drug-likeness (QED) is 0.892. The fraction of sp³-hybridized carbons (Fsp3) is 0.0769. The number of nitrogens with one attached hydrogen (secondary N) is 2. The number of anilines is 1. The molecule has 0 aliphatic heterocycles. The summed E-state index contributed by atoms with van der Waals surface area (Å²) < 4.78 is 13.7. The molecule has 0 aliphatic carbocycles. The molecule has 98 valence electrons. The third-order valence-electron chi connectivity index (χ3n) is 2.58. The number of benzene rings is 1. The summed E-state index contributed by atoms with van der Waals surface area (Å²) in [6, 6.07) is 4.01. The molecule has 0 spiro atoms. The van der Waals surface area contributed by atoms with Crippen molar-refractivity contribution in [3.05, 3.63) is 62.2 Å². The summed E-state index contributed by atoms with van der Waals surface area (Å²) in [6.07, 6.45) is 2.74. The Kier molecular flexibility index (Phi) is 3.80. The molecule has 0 bridgehead atoms. The lowest BCUT2D eigenvalue weighted by Crippen LogP contribution is -2.21. The second-order valence-electron chi connectivity index (χ2n) is 3.96. The van der Waals surface area contributed by atoms with E-state index in [2.05, 4.69) is 26.2 Å². The normalized spacial score (nSPS) is 10.3. The van der Waals surface area contributed by atoms with Crippen LogP contribution in [0, 0.1) is 12.7 Å². The first-order valence-corrected chi connectivity index (χ1v) is 6.22. The maximum atomic E-state index is 13.4. The van der Waals surface area contributed by atoms with Gasteiger partial charge in [0.2, 0.25) is 0 Å². The molecule has 4 nitrogen and oxygen atoms in total. The number of halogens is 2. The molecule has 2 N–H and O–H groups in total. The molecule has 0 radical (unpaired) electrons. The summed E-state index contributed by atoms with van der Waals surface area (Å²) >= 11 is 3.06. The van der Waals surface area contributed by atoms with Gasteiger partial charge in [0, 0.05) is 24.1 Å². The molecule has 2 aromatic rings. The van der Waals surface area contributed by atoms with Crippen molar-refractivity contribution in [3.63, 3.8) is 0 Å². The van der Waals surface area contributed by atoms with Crippen molar-refractivity contribution in [2.75, 3.05) is 5.32 Å². The monoisotopic (exact) mass is 324 g/mol. The summed E-state index contributed by atoms with van der Waals surface area (Å²) in [5, 5.41) is 2.52. The lowest BCUT2D eigenvalue weighted by Gasteiger charge is -2.09. The van der Waals surface area contributed by atoms with E-state index in [0.29, 0.717) is 15.7 Å². The van der Waals surface area contributed by atoms with Gasteiger partial charge in [-0.05, 0) is 40.5 Å². The first-order chi connectivity index (χ1) is 8.99. The maximum Gasteiger partial charge on any atom is 0.261 e. The van der Waals surface area contributed by atoms with Gasteiger partial charge in [0.25, 0.3) is 5.91 Å². The third-order valence-corrected chi connectivity index (χ3v) is 3.19. The Morgan fingerprint density at radius 1 is 1.42 bits per heavy atom. The summed E-state index contributed by atoms with van der Waals surface area (Å²) in [6.45, 7) is 1.73. The van der Waals surface area contributed by atoms with Gasteiger partial charge in [-0.3, -0.25) is 9.59 Å². The highest BCUT2D eigenvalue weighted by atomic mass is 79.9. The van der Waals surface area contributed by atoms with E-state index in [1.165, 1.54) is 24.5 Å². The molecule has 1 aromatic heterocycles. The molecule has 1 heterocycles. The van der Waals surface area contributed by atoms with E-state index >= 15 is 0 Å². The van der Waals surface area contributed by atoms with E-state index in [4.69, 9.17) is 0 Å². The lowest BCUT2D eigenvalue weighted by atomic mass is 10.2. The number of carbonyl (C=O) groups is 1. The topological polar surface area (TPSA) is 62.0 Å². The minimum absolute atomic E-state index is 0.0229. The predicted molar refractivity (Wildman–Crippen MR) is 73.9 cm³/mol. The first-order valence-electron chi connectivity index (χ1n) is 5.43. The van der Waals surface area contributed by atoms with Crippen molar-refractivity contribution in [1.29, 1.82) is 0 Å². The number of aromatic amines is 1. The zero-order valence-electron chi connectivity index (χ0n) is 9.96. The Bertz CT molecular complexity index is 697. The molecule has 1 amide bonds. The van der Waals surface area contributed by atoms with E-state index in [9.17, 15) is 14.0 Å². The number of aromatic nitrogens is 1. The van der Waals surface area contributed by atoms with Gasteiger partial charge in [0.05, 0.1) is 4.47 Å². The van der Waals surface area contributed by atoms with E-state index in [1.54, 1.807) is 13.0 Å². The Hall–Kier alpha value is -1.95. The van der Waals surface area contributed by atoms with Gasteiger partial charge in [-0.25, -0.2) is 4.39 Å². The van der Waals surface area contributed by atoms with Gasteiger partial charge in [-0.2, -0.15) is 0 Å². The van der Waals surface area contributed by atoms with E-state index < -0.39 is 17.2 Å². The summed E-state index contributed by atoms with van der Waals surface area (Å²) in [5.41, 5.74) is 0.597. The fourth-order valence-electron chi connectivity index (χ4n) is 1.56. The Morgan fingerprint density at radius 3 is 2.84 bits per heavy atom. The van der Waals surface area contributed by atoms with Gasteiger partial charge in [-0.1, -0.05) is 0 Å². The van der Waals surface area contributed by atoms with Crippen LogP contribution in [-0.4, -0.2) is 10.9 Å². The minimum Gasteiger partial charge on any atom is -0.367 e. The number of rotatable bonds is 2. The van der Waals surface area contributed by atoms with Crippen LogP contribution in [0.15, 0.2) is 39.9 Å². The number of pyridine rings is 1. The molecule has 6 heteroatoms. The molecule has 0 fully saturated rings. The van der Waals surface area contributed by atoms with Crippen molar-refractivity contribution in [3.8, 4) is 0 Å². The summed E-state index contributed by atoms with van der Waals surface area (Å²) in [7, 11) is 0. The molecule has 1 aromatic carbocycles. The number of amides is 1. The molecular weight excluding hydrogens is 315 g/mol. The van der Waals surface area contributed by atoms with Gasteiger partial charge < -0.3 is 10.3 Å². The van der Waals surface area contributed by atoms with Crippen LogP contribution in [0.25, 0.3) is 0 Å². The maximum absolute atomic E-state index is 13.4. The number of hydrogen-bond donors (Lipinski definition) is 2. The number of carbonyl (C=O) groups excluding carboxylic acids is 1. The molecule has 0 saturated carbocycles. The van der Waals surface area contributed by atoms with Gasteiger partial charge in [0.1, 0.15) is 11.4 Å². The average Bonchev–Trinajstić information content (AvgIpc) is 2.36. The molecule has 19 heavy (non-hydrogen) atoms. The van der Waals surface area contributed by atoms with E-state index in [-0.39, 0.29) is 5.56 Å².